The van der Waals surface area contributed by atoms with Crippen molar-refractivity contribution in [1.82, 2.24) is 4.90 Å². The van der Waals surface area contributed by atoms with Crippen LogP contribution < -0.4 is 0 Å². The molecule has 4 nitrogen and oxygen atoms in total. The Morgan fingerprint density at radius 1 is 1.19 bits per heavy atom. The lowest BCUT2D eigenvalue weighted by molar-refractivity contribution is -0.148. The lowest BCUT2D eigenvalue weighted by Gasteiger charge is -2.26. The van der Waals surface area contributed by atoms with Crippen LogP contribution in [0.2, 0.25) is 0 Å². The second kappa shape index (κ2) is 8.40. The van der Waals surface area contributed by atoms with Gasteiger partial charge in [-0.1, -0.05) is 13.0 Å². The van der Waals surface area contributed by atoms with Gasteiger partial charge in [-0.3, -0.25) is 4.79 Å². The van der Waals surface area contributed by atoms with Crippen LogP contribution in [-0.4, -0.2) is 30.4 Å². The van der Waals surface area contributed by atoms with Crippen molar-refractivity contribution >= 4 is 23.2 Å². The van der Waals surface area contributed by atoms with E-state index in [0.29, 0.717) is 4.88 Å². The number of carbonyl (C=O) groups is 2. The number of benzene rings is 1. The zero-order valence-corrected chi connectivity index (χ0v) is 16.0. The van der Waals surface area contributed by atoms with Gasteiger partial charge >= 0.3 is 5.97 Å². The van der Waals surface area contributed by atoms with Gasteiger partial charge in [-0.15, -0.1) is 11.3 Å². The first-order chi connectivity index (χ1) is 12.3. The Kier molecular flexibility index (Phi) is 6.47. The number of thiophene rings is 1. The van der Waals surface area contributed by atoms with Crippen LogP contribution in [0.3, 0.4) is 0 Å². The third-order valence-corrected chi connectivity index (χ3v) is 5.40. The van der Waals surface area contributed by atoms with E-state index in [9.17, 15) is 18.4 Å². The van der Waals surface area contributed by atoms with Gasteiger partial charge in [-0.05, 0) is 49.6 Å². The monoisotopic (exact) mass is 381 g/mol. The van der Waals surface area contributed by atoms with Crippen LogP contribution in [0.5, 0.6) is 0 Å². The summed E-state index contributed by atoms with van der Waals surface area (Å²) in [6, 6.07) is 3.74. The van der Waals surface area contributed by atoms with Gasteiger partial charge in [0.2, 0.25) is 0 Å². The molecule has 1 heterocycles. The first kappa shape index (κ1) is 20.0. The summed E-state index contributed by atoms with van der Waals surface area (Å²) in [5.74, 6) is -3.18. The van der Waals surface area contributed by atoms with Gasteiger partial charge in [0, 0.05) is 11.9 Å². The summed E-state index contributed by atoms with van der Waals surface area (Å²) in [6.07, 6.45) is 0.804. The molecule has 26 heavy (non-hydrogen) atoms. The lowest BCUT2D eigenvalue weighted by atomic mass is 10.0. The van der Waals surface area contributed by atoms with Crippen molar-refractivity contribution in [1.29, 1.82) is 0 Å². The fourth-order valence-corrected chi connectivity index (χ4v) is 3.79. The summed E-state index contributed by atoms with van der Waals surface area (Å²) in [6.45, 7) is 5.67. The quantitative estimate of drug-likeness (QED) is 0.702. The van der Waals surface area contributed by atoms with Crippen LogP contribution in [0.15, 0.2) is 24.3 Å². The maximum absolute atomic E-state index is 13.6. The van der Waals surface area contributed by atoms with E-state index in [1.165, 1.54) is 29.4 Å². The summed E-state index contributed by atoms with van der Waals surface area (Å²) in [7, 11) is 1.45. The number of ether oxygens (including phenoxy) is 1. The number of rotatable bonds is 6. The van der Waals surface area contributed by atoms with Gasteiger partial charge in [-0.25, -0.2) is 13.6 Å². The fraction of sp³-hybridized carbons (Fsp3) is 0.368. The highest BCUT2D eigenvalue weighted by Gasteiger charge is 2.32. The van der Waals surface area contributed by atoms with Gasteiger partial charge in [-0.2, -0.15) is 0 Å². The molecule has 0 bridgehead atoms. The largest absolute Gasteiger partial charge is 0.464 e. The Balaban J connectivity index is 2.41. The lowest BCUT2D eigenvalue weighted by Crippen LogP contribution is -2.36. The maximum atomic E-state index is 13.6. The molecule has 0 fully saturated rings. The van der Waals surface area contributed by atoms with E-state index in [1.807, 2.05) is 13.8 Å². The predicted octanol–water partition coefficient (Wildman–Crippen LogP) is 4.27. The number of amides is 1. The molecule has 0 spiro atoms. The number of hydrogen-bond acceptors (Lipinski definition) is 4. The Hall–Kier alpha value is -2.28. The summed E-state index contributed by atoms with van der Waals surface area (Å²) in [4.78, 5) is 28.1. The molecule has 1 atom stereocenters. The average Bonchev–Trinajstić information content (AvgIpc) is 2.98. The highest BCUT2D eigenvalue weighted by molar-refractivity contribution is 7.14. The number of nitrogens with zero attached hydrogens (tertiary/aromatic N) is 1. The molecule has 7 heteroatoms. The zero-order valence-electron chi connectivity index (χ0n) is 15.1. The van der Waals surface area contributed by atoms with Crippen molar-refractivity contribution in [2.24, 2.45) is 0 Å². The van der Waals surface area contributed by atoms with Gasteiger partial charge in [0.15, 0.2) is 17.7 Å². The number of esters is 1. The summed E-state index contributed by atoms with van der Waals surface area (Å²) in [5.41, 5.74) is 1.16. The molecular weight excluding hydrogens is 360 g/mol. The molecule has 2 aromatic rings. The molecule has 0 aliphatic rings. The van der Waals surface area contributed by atoms with E-state index >= 15 is 0 Å². The molecule has 0 unspecified atom stereocenters. The van der Waals surface area contributed by atoms with Crippen LogP contribution in [0.4, 0.5) is 8.78 Å². The van der Waals surface area contributed by atoms with Crippen molar-refractivity contribution < 1.29 is 23.1 Å². The van der Waals surface area contributed by atoms with Crippen molar-refractivity contribution in [3.8, 4) is 0 Å². The predicted molar refractivity (Wildman–Crippen MR) is 96.3 cm³/mol. The SMILES string of the molecule is CCOC(=O)[C@@H](c1ccc(F)c(F)c1)N(C)C(=O)c1cc(C)c(CC)s1. The highest BCUT2D eigenvalue weighted by atomic mass is 32.1. The second-order valence-corrected chi connectivity index (χ2v) is 6.95. The molecule has 0 radical (unpaired) electrons. The third-order valence-electron chi connectivity index (χ3n) is 4.03. The Morgan fingerprint density at radius 2 is 1.88 bits per heavy atom. The van der Waals surface area contributed by atoms with Crippen LogP contribution in [0, 0.1) is 18.6 Å². The normalized spacial score (nSPS) is 11.9. The van der Waals surface area contributed by atoms with Crippen molar-refractivity contribution in [3.05, 3.63) is 56.8 Å². The van der Waals surface area contributed by atoms with Crippen molar-refractivity contribution in [3.63, 3.8) is 0 Å². The number of hydrogen-bond donors (Lipinski definition) is 0. The summed E-state index contributed by atoms with van der Waals surface area (Å²) < 4.78 is 31.9. The smallest absolute Gasteiger partial charge is 0.333 e. The first-order valence-electron chi connectivity index (χ1n) is 8.28. The minimum absolute atomic E-state index is 0.110. The minimum atomic E-state index is -1.16. The van der Waals surface area contributed by atoms with Gasteiger partial charge in [0.1, 0.15) is 0 Å². The summed E-state index contributed by atoms with van der Waals surface area (Å²) >= 11 is 1.36. The number of carbonyl (C=O) groups excluding carboxylic acids is 2. The van der Waals surface area contributed by atoms with E-state index in [4.69, 9.17) is 4.74 Å². The third kappa shape index (κ3) is 4.09. The number of halogens is 2. The maximum Gasteiger partial charge on any atom is 0.333 e. The molecule has 2 rings (SSSR count). The highest BCUT2D eigenvalue weighted by Crippen LogP contribution is 2.28. The number of likely N-dealkylation sites (N-methyl/N-ethyl adjacent to an activating group) is 1. The Labute approximate surface area is 155 Å². The standard InChI is InChI=1S/C19H21F2NO3S/c1-5-15-11(3)9-16(26-15)18(23)22(4)17(19(24)25-6-2)12-7-8-13(20)14(21)10-12/h7-10,17H,5-6H2,1-4H3/t17-/m1/s1. The van der Waals surface area contributed by atoms with E-state index in [0.717, 1.165) is 29.0 Å². The summed E-state index contributed by atoms with van der Waals surface area (Å²) in [5, 5.41) is 0. The molecule has 0 saturated heterocycles. The van der Waals surface area contributed by atoms with Crippen LogP contribution in [0.25, 0.3) is 0 Å². The fourth-order valence-electron chi connectivity index (χ4n) is 2.69. The van der Waals surface area contributed by atoms with Crippen LogP contribution >= 0.6 is 11.3 Å². The van der Waals surface area contributed by atoms with Gasteiger partial charge in [0.05, 0.1) is 11.5 Å². The second-order valence-electron chi connectivity index (χ2n) is 5.81. The number of aryl methyl sites for hydroxylation is 2. The van der Waals surface area contributed by atoms with Gasteiger partial charge in [0.25, 0.3) is 5.91 Å². The van der Waals surface area contributed by atoms with Crippen molar-refractivity contribution in [2.75, 3.05) is 13.7 Å². The molecule has 0 saturated carbocycles. The van der Waals surface area contributed by atoms with E-state index in [2.05, 4.69) is 0 Å². The van der Waals surface area contributed by atoms with Gasteiger partial charge < -0.3 is 9.64 Å². The topological polar surface area (TPSA) is 46.6 Å². The average molecular weight is 381 g/mol. The Bertz CT molecular complexity index is 819. The minimum Gasteiger partial charge on any atom is -0.464 e. The molecule has 1 aromatic carbocycles. The van der Waals surface area contributed by atoms with E-state index < -0.39 is 23.6 Å². The molecule has 140 valence electrons. The molecule has 1 aromatic heterocycles. The van der Waals surface area contributed by atoms with E-state index in [-0.39, 0.29) is 18.1 Å². The zero-order chi connectivity index (χ0) is 19.4. The molecular formula is C19H21F2NO3S. The first-order valence-corrected chi connectivity index (χ1v) is 9.09. The molecule has 0 N–H and O–H groups in total. The molecule has 1 amide bonds. The van der Waals surface area contributed by atoms with Crippen molar-refractivity contribution in [2.45, 2.75) is 33.2 Å². The van der Waals surface area contributed by atoms with Crippen LogP contribution in [0.1, 0.15) is 45.6 Å². The van der Waals surface area contributed by atoms with Crippen LogP contribution in [-0.2, 0) is 16.0 Å². The Morgan fingerprint density at radius 3 is 2.42 bits per heavy atom. The molecule has 0 aliphatic heterocycles. The molecule has 0 aliphatic carbocycles. The van der Waals surface area contributed by atoms with E-state index in [1.54, 1.807) is 13.0 Å².